The second-order valence-corrected chi connectivity index (χ2v) is 18.4. The van der Waals surface area contributed by atoms with Crippen LogP contribution in [0.25, 0.3) is 78.5 Å². The smallest absolute Gasteiger partial charge is 0.0541 e. The van der Waals surface area contributed by atoms with E-state index in [4.69, 9.17) is 0 Å². The summed E-state index contributed by atoms with van der Waals surface area (Å²) in [5, 5.41) is 6.06. The number of benzene rings is 8. The highest BCUT2D eigenvalue weighted by atomic mass is 15.1. The lowest BCUT2D eigenvalue weighted by Gasteiger charge is -2.28. The van der Waals surface area contributed by atoms with E-state index in [1.54, 1.807) is 0 Å². The highest BCUT2D eigenvalue weighted by Gasteiger charge is 2.36. The maximum absolute atomic E-state index is 4.11. The number of anilines is 3. The molecule has 0 atom stereocenters. The molecule has 0 saturated heterocycles. The highest BCUT2D eigenvalue weighted by molar-refractivity contribution is 6.10. The second kappa shape index (κ2) is 16.1. The maximum Gasteiger partial charge on any atom is 0.0541 e. The third kappa shape index (κ3) is 6.56. The summed E-state index contributed by atoms with van der Waals surface area (Å²) in [6.07, 6.45) is 8.31. The number of hydrogen-bond donors (Lipinski definition) is 0. The van der Waals surface area contributed by atoms with Gasteiger partial charge in [0.1, 0.15) is 0 Å². The summed E-state index contributed by atoms with van der Waals surface area (Å²) >= 11 is 0. The molecule has 0 fully saturated rings. The topological polar surface area (TPSA) is 13.1 Å². The van der Waals surface area contributed by atoms with Gasteiger partial charge in [-0.3, -0.25) is 0 Å². The van der Waals surface area contributed by atoms with Crippen LogP contribution in [0.3, 0.4) is 0 Å². The van der Waals surface area contributed by atoms with E-state index in [1.165, 1.54) is 105 Å². The molecule has 0 aliphatic heterocycles. The molecule has 10 aromatic rings. The Balaban J connectivity index is 1.00. The average molecular weight is 854 g/mol. The van der Waals surface area contributed by atoms with Gasteiger partial charge < -0.3 is 14.0 Å². The fraction of sp³-hybridized carbons (Fsp3) is 0.143. The van der Waals surface area contributed by atoms with Crippen molar-refractivity contribution in [2.45, 2.75) is 59.8 Å². The summed E-state index contributed by atoms with van der Waals surface area (Å²) in [7, 11) is 0. The molecule has 0 N–H and O–H groups in total. The van der Waals surface area contributed by atoms with Crippen molar-refractivity contribution in [3.63, 3.8) is 0 Å². The van der Waals surface area contributed by atoms with Crippen LogP contribution in [-0.4, -0.2) is 9.13 Å². The molecule has 0 amide bonds. The number of rotatable bonds is 9. The fourth-order valence-electron chi connectivity index (χ4n) is 10.7. The van der Waals surface area contributed by atoms with Gasteiger partial charge in [0.25, 0.3) is 0 Å². The summed E-state index contributed by atoms with van der Waals surface area (Å²) in [5.41, 5.74) is 20.8. The van der Waals surface area contributed by atoms with Crippen LogP contribution in [0.5, 0.6) is 0 Å². The summed E-state index contributed by atoms with van der Waals surface area (Å²) in [6.45, 7) is 17.6. The van der Waals surface area contributed by atoms with Crippen LogP contribution >= 0.6 is 0 Å². The molecule has 0 unspecified atom stereocenters. The van der Waals surface area contributed by atoms with Crippen molar-refractivity contribution in [3.05, 3.63) is 221 Å². The number of para-hydroxylation sites is 1. The molecule has 0 saturated carbocycles. The van der Waals surface area contributed by atoms with E-state index in [0.29, 0.717) is 0 Å². The van der Waals surface area contributed by atoms with Crippen molar-refractivity contribution in [1.29, 1.82) is 0 Å². The Morgan fingerprint density at radius 1 is 0.530 bits per heavy atom. The van der Waals surface area contributed by atoms with Gasteiger partial charge in [0.05, 0.1) is 16.6 Å². The van der Waals surface area contributed by atoms with Crippen molar-refractivity contribution in [1.82, 2.24) is 9.13 Å². The number of nitrogens with zero attached hydrogens (tertiary/aromatic N) is 3. The standard InChI is InChI=1S/C63H55N3/c1-8-14-53-55-37-44(23-35-61(55)65(59(53)11-4)48-29-21-43(10-3)22-30-48)45-24-36-62-56(38-45)54-15-12-13-16-60(54)66(62)50-32-34-52-51-33-31-49(39-57(51)63(6,7)58(52)40-50)64(46-25-17-41(5)18-26-46)47-27-19-42(9-2)20-28-47/h8,11-40H,1,9-10H2,2-7H3/b53-14-,59-11+. The van der Waals surface area contributed by atoms with Gasteiger partial charge in [-0.15, -0.1) is 0 Å². The second-order valence-electron chi connectivity index (χ2n) is 18.4. The summed E-state index contributed by atoms with van der Waals surface area (Å²) in [5.74, 6) is 0. The van der Waals surface area contributed by atoms with E-state index in [0.717, 1.165) is 29.9 Å². The summed E-state index contributed by atoms with van der Waals surface area (Å²) in [4.78, 5) is 2.40. The Morgan fingerprint density at radius 3 is 1.73 bits per heavy atom. The monoisotopic (exact) mass is 853 g/mol. The molecule has 0 spiro atoms. The SMILES string of the molecule is C=C/C=c1\c(=C/C)n(-c2ccc(CC)cc2)c2ccc(-c3ccc4c(c3)c3ccccc3n4-c3ccc4c(c3)C(C)(C)c3cc(N(c5ccc(C)cc5)c5ccc(CC)cc5)ccc3-4)cc12. The minimum Gasteiger partial charge on any atom is -0.310 e. The van der Waals surface area contributed by atoms with E-state index in [2.05, 4.69) is 244 Å². The molecule has 1 aliphatic carbocycles. The van der Waals surface area contributed by atoms with Crippen molar-refractivity contribution in [2.24, 2.45) is 0 Å². The Hall–Kier alpha value is -7.62. The van der Waals surface area contributed by atoms with Gasteiger partial charge in [-0.25, -0.2) is 0 Å². The van der Waals surface area contributed by atoms with Gasteiger partial charge in [0, 0.05) is 60.6 Å². The Bertz CT molecular complexity index is 3650. The van der Waals surface area contributed by atoms with Gasteiger partial charge in [0.15, 0.2) is 0 Å². The van der Waals surface area contributed by atoms with Crippen molar-refractivity contribution < 1.29 is 0 Å². The predicted molar refractivity (Wildman–Crippen MR) is 283 cm³/mol. The molecule has 11 rings (SSSR count). The average Bonchev–Trinajstić information content (AvgIpc) is 3.94. The molecule has 66 heavy (non-hydrogen) atoms. The van der Waals surface area contributed by atoms with E-state index < -0.39 is 0 Å². The number of allylic oxidation sites excluding steroid dienone is 1. The summed E-state index contributed by atoms with van der Waals surface area (Å²) < 4.78 is 4.85. The first-order valence-electron chi connectivity index (χ1n) is 23.5. The zero-order chi connectivity index (χ0) is 45.3. The molecule has 1 aliphatic rings. The zero-order valence-electron chi connectivity index (χ0n) is 38.9. The first kappa shape index (κ1) is 41.1. The lowest BCUT2D eigenvalue weighted by Crippen LogP contribution is -2.27. The first-order valence-corrected chi connectivity index (χ1v) is 23.5. The minimum atomic E-state index is -0.221. The van der Waals surface area contributed by atoms with Crippen LogP contribution in [0, 0.1) is 6.92 Å². The fourth-order valence-corrected chi connectivity index (χ4v) is 10.7. The normalized spacial score (nSPS) is 13.5. The van der Waals surface area contributed by atoms with Crippen molar-refractivity contribution in [3.8, 4) is 33.6 Å². The Kier molecular flexibility index (Phi) is 10.0. The van der Waals surface area contributed by atoms with Crippen LogP contribution in [-0.2, 0) is 18.3 Å². The molecule has 2 heterocycles. The molecule has 2 aromatic heterocycles. The number of hydrogen-bond acceptors (Lipinski definition) is 1. The van der Waals surface area contributed by atoms with Gasteiger partial charge in [-0.1, -0.05) is 137 Å². The first-order chi connectivity index (χ1) is 32.2. The number of fused-ring (bicyclic) bond motifs is 7. The third-order valence-electron chi connectivity index (χ3n) is 14.3. The van der Waals surface area contributed by atoms with E-state index in [-0.39, 0.29) is 5.41 Å². The predicted octanol–water partition coefficient (Wildman–Crippen LogP) is 15.4. The molecule has 0 bridgehead atoms. The van der Waals surface area contributed by atoms with Crippen LogP contribution in [0.4, 0.5) is 17.1 Å². The third-order valence-corrected chi connectivity index (χ3v) is 14.3. The van der Waals surface area contributed by atoms with Crippen molar-refractivity contribution >= 4 is 61.9 Å². The number of aryl methyl sites for hydroxylation is 3. The van der Waals surface area contributed by atoms with Gasteiger partial charge in [-0.2, -0.15) is 0 Å². The van der Waals surface area contributed by atoms with Crippen molar-refractivity contribution in [2.75, 3.05) is 4.90 Å². The maximum atomic E-state index is 4.11. The van der Waals surface area contributed by atoms with E-state index in [1.807, 2.05) is 6.08 Å². The van der Waals surface area contributed by atoms with E-state index in [9.17, 15) is 0 Å². The Labute approximate surface area is 388 Å². The van der Waals surface area contributed by atoms with Crippen LogP contribution < -0.4 is 15.5 Å². The van der Waals surface area contributed by atoms with Gasteiger partial charge in [-0.05, 0) is 162 Å². The quantitative estimate of drug-likeness (QED) is 0.141. The van der Waals surface area contributed by atoms with Gasteiger partial charge in [0.2, 0.25) is 0 Å². The van der Waals surface area contributed by atoms with Gasteiger partial charge >= 0.3 is 0 Å². The highest BCUT2D eigenvalue weighted by Crippen LogP contribution is 2.51. The molecule has 322 valence electrons. The molecular formula is C63H55N3. The molecular weight excluding hydrogens is 799 g/mol. The van der Waals surface area contributed by atoms with Crippen LogP contribution in [0.2, 0.25) is 0 Å². The zero-order valence-corrected chi connectivity index (χ0v) is 38.9. The lowest BCUT2D eigenvalue weighted by molar-refractivity contribution is 0.660. The molecule has 3 nitrogen and oxygen atoms in total. The largest absolute Gasteiger partial charge is 0.310 e. The van der Waals surface area contributed by atoms with Crippen LogP contribution in [0.1, 0.15) is 62.4 Å². The minimum absolute atomic E-state index is 0.221. The Morgan fingerprint density at radius 2 is 1.08 bits per heavy atom. The lowest BCUT2D eigenvalue weighted by atomic mass is 9.82. The number of aromatic nitrogens is 2. The molecule has 8 aromatic carbocycles. The molecule has 3 heteroatoms. The molecule has 0 radical (unpaired) electrons. The van der Waals surface area contributed by atoms with E-state index >= 15 is 0 Å². The summed E-state index contributed by atoms with van der Waals surface area (Å²) in [6, 6.07) is 63.9. The van der Waals surface area contributed by atoms with Crippen LogP contribution in [0.15, 0.2) is 183 Å².